The molecule has 0 aliphatic rings. The molecule has 0 saturated carbocycles. The van der Waals surface area contributed by atoms with Gasteiger partial charge >= 0.3 is 0 Å². The average molecular weight is 265 g/mol. The third-order valence-corrected chi connectivity index (χ3v) is 3.00. The Labute approximate surface area is 114 Å². The van der Waals surface area contributed by atoms with E-state index in [2.05, 4.69) is 4.90 Å². The van der Waals surface area contributed by atoms with Crippen LogP contribution in [0.2, 0.25) is 0 Å². The van der Waals surface area contributed by atoms with Crippen LogP contribution in [0.4, 0.5) is 5.69 Å². The van der Waals surface area contributed by atoms with Crippen molar-refractivity contribution in [2.75, 3.05) is 39.5 Å². The number of aromatic hydroxyl groups is 1. The zero-order chi connectivity index (χ0) is 14.4. The SMILES string of the molecule is CCN(CCCN(C)C)C(=O)c1cccc(N)c1O. The first-order chi connectivity index (χ1) is 8.97. The summed E-state index contributed by atoms with van der Waals surface area (Å²) >= 11 is 0. The van der Waals surface area contributed by atoms with Crippen molar-refractivity contribution in [1.82, 2.24) is 9.80 Å². The largest absolute Gasteiger partial charge is 0.505 e. The lowest BCUT2D eigenvalue weighted by molar-refractivity contribution is 0.0756. The molecule has 106 valence electrons. The number of rotatable bonds is 6. The van der Waals surface area contributed by atoms with Crippen LogP contribution in [0.3, 0.4) is 0 Å². The maximum absolute atomic E-state index is 12.3. The van der Waals surface area contributed by atoms with Gasteiger partial charge in [-0.25, -0.2) is 0 Å². The highest BCUT2D eigenvalue weighted by Crippen LogP contribution is 2.25. The number of benzene rings is 1. The molecule has 5 heteroatoms. The number of para-hydroxylation sites is 1. The minimum Gasteiger partial charge on any atom is -0.505 e. The van der Waals surface area contributed by atoms with E-state index in [0.29, 0.717) is 13.1 Å². The van der Waals surface area contributed by atoms with Crippen molar-refractivity contribution >= 4 is 11.6 Å². The second kappa shape index (κ2) is 6.99. The minimum atomic E-state index is -0.175. The van der Waals surface area contributed by atoms with E-state index in [1.54, 1.807) is 23.1 Å². The van der Waals surface area contributed by atoms with Crippen molar-refractivity contribution < 1.29 is 9.90 Å². The van der Waals surface area contributed by atoms with Crippen molar-refractivity contribution in [2.24, 2.45) is 0 Å². The molecule has 0 unspecified atom stereocenters. The van der Waals surface area contributed by atoms with Crippen LogP contribution in [0.5, 0.6) is 5.75 Å². The summed E-state index contributed by atoms with van der Waals surface area (Å²) in [5.74, 6) is -0.301. The fourth-order valence-corrected chi connectivity index (χ4v) is 1.89. The quantitative estimate of drug-likeness (QED) is 0.602. The summed E-state index contributed by atoms with van der Waals surface area (Å²) in [4.78, 5) is 16.1. The van der Waals surface area contributed by atoms with Crippen molar-refractivity contribution in [3.05, 3.63) is 23.8 Å². The summed E-state index contributed by atoms with van der Waals surface area (Å²) in [5.41, 5.74) is 6.11. The highest BCUT2D eigenvalue weighted by Gasteiger charge is 2.18. The van der Waals surface area contributed by atoms with E-state index in [4.69, 9.17) is 5.73 Å². The number of phenols is 1. The molecule has 0 atom stereocenters. The Balaban J connectivity index is 2.75. The van der Waals surface area contributed by atoms with Gasteiger partial charge in [-0.3, -0.25) is 4.79 Å². The fourth-order valence-electron chi connectivity index (χ4n) is 1.89. The third kappa shape index (κ3) is 4.13. The van der Waals surface area contributed by atoms with Gasteiger partial charge in [0.1, 0.15) is 0 Å². The van der Waals surface area contributed by atoms with Gasteiger partial charge in [0.2, 0.25) is 0 Å². The third-order valence-electron chi connectivity index (χ3n) is 3.00. The summed E-state index contributed by atoms with van der Waals surface area (Å²) in [6.07, 6.45) is 0.898. The van der Waals surface area contributed by atoms with Crippen LogP contribution in [0, 0.1) is 0 Å². The molecule has 1 aromatic rings. The summed E-state index contributed by atoms with van der Waals surface area (Å²) in [6, 6.07) is 4.85. The number of nitrogens with two attached hydrogens (primary N) is 1. The molecule has 1 rings (SSSR count). The molecule has 1 amide bonds. The lowest BCUT2D eigenvalue weighted by Gasteiger charge is -2.22. The Morgan fingerprint density at radius 1 is 1.32 bits per heavy atom. The Morgan fingerprint density at radius 3 is 2.58 bits per heavy atom. The molecule has 5 nitrogen and oxygen atoms in total. The Morgan fingerprint density at radius 2 is 2.00 bits per heavy atom. The van der Waals surface area contributed by atoms with Gasteiger partial charge in [-0.05, 0) is 46.1 Å². The van der Waals surface area contributed by atoms with Crippen molar-refractivity contribution in [3.8, 4) is 5.75 Å². The predicted molar refractivity (Wildman–Crippen MR) is 77.3 cm³/mol. The lowest BCUT2D eigenvalue weighted by Crippen LogP contribution is -2.33. The van der Waals surface area contributed by atoms with Gasteiger partial charge in [-0.15, -0.1) is 0 Å². The van der Waals surface area contributed by atoms with Crippen molar-refractivity contribution in [1.29, 1.82) is 0 Å². The second-order valence-electron chi connectivity index (χ2n) is 4.79. The first-order valence-electron chi connectivity index (χ1n) is 6.48. The van der Waals surface area contributed by atoms with Gasteiger partial charge < -0.3 is 20.6 Å². The molecule has 0 aliphatic heterocycles. The van der Waals surface area contributed by atoms with E-state index in [1.807, 2.05) is 21.0 Å². The highest BCUT2D eigenvalue weighted by molar-refractivity contribution is 5.98. The Kier molecular flexibility index (Phi) is 5.63. The predicted octanol–water partition coefficient (Wildman–Crippen LogP) is 1.39. The smallest absolute Gasteiger partial charge is 0.257 e. The molecule has 0 saturated heterocycles. The maximum atomic E-state index is 12.3. The summed E-state index contributed by atoms with van der Waals surface area (Å²) < 4.78 is 0. The van der Waals surface area contributed by atoms with E-state index in [0.717, 1.165) is 13.0 Å². The fraction of sp³-hybridized carbons (Fsp3) is 0.500. The standard InChI is InChI=1S/C14H23N3O2/c1-4-17(10-6-9-16(2)3)14(19)11-7-5-8-12(15)13(11)18/h5,7-8,18H,4,6,9-10,15H2,1-3H3. The molecule has 3 N–H and O–H groups in total. The van der Waals surface area contributed by atoms with Crippen LogP contribution >= 0.6 is 0 Å². The number of carbonyl (C=O) groups is 1. The molecule has 0 spiro atoms. The van der Waals surface area contributed by atoms with E-state index >= 15 is 0 Å². The second-order valence-corrected chi connectivity index (χ2v) is 4.79. The normalized spacial score (nSPS) is 10.7. The van der Waals surface area contributed by atoms with Crippen LogP contribution < -0.4 is 5.73 Å². The lowest BCUT2D eigenvalue weighted by atomic mass is 10.1. The number of phenolic OH excluding ortho intramolecular Hbond substituents is 1. The molecule has 1 aromatic carbocycles. The average Bonchev–Trinajstić information content (AvgIpc) is 2.37. The summed E-state index contributed by atoms with van der Waals surface area (Å²) in [7, 11) is 4.00. The van der Waals surface area contributed by atoms with Gasteiger partial charge in [-0.2, -0.15) is 0 Å². The molecule has 0 fully saturated rings. The van der Waals surface area contributed by atoms with E-state index in [-0.39, 0.29) is 22.9 Å². The van der Waals surface area contributed by atoms with Crippen LogP contribution in [-0.2, 0) is 0 Å². The molecule has 0 radical (unpaired) electrons. The summed E-state index contributed by atoms with van der Waals surface area (Å²) in [6.45, 7) is 4.13. The number of amides is 1. The monoisotopic (exact) mass is 265 g/mol. The minimum absolute atomic E-state index is 0.126. The van der Waals surface area contributed by atoms with Crippen molar-refractivity contribution in [3.63, 3.8) is 0 Å². The Hall–Kier alpha value is -1.75. The number of carbonyl (C=O) groups excluding carboxylic acids is 1. The summed E-state index contributed by atoms with van der Waals surface area (Å²) in [5, 5.41) is 9.85. The zero-order valence-electron chi connectivity index (χ0n) is 11.9. The van der Waals surface area contributed by atoms with E-state index < -0.39 is 0 Å². The van der Waals surface area contributed by atoms with E-state index in [1.165, 1.54) is 0 Å². The number of anilines is 1. The van der Waals surface area contributed by atoms with E-state index in [9.17, 15) is 9.90 Å². The topological polar surface area (TPSA) is 69.8 Å². The maximum Gasteiger partial charge on any atom is 0.257 e. The Bertz CT molecular complexity index is 433. The highest BCUT2D eigenvalue weighted by atomic mass is 16.3. The van der Waals surface area contributed by atoms with Gasteiger partial charge in [0.25, 0.3) is 5.91 Å². The number of hydrogen-bond donors (Lipinski definition) is 2. The molecule has 0 bridgehead atoms. The van der Waals surface area contributed by atoms with Gasteiger partial charge in [0.15, 0.2) is 5.75 Å². The number of nitrogens with zero attached hydrogens (tertiary/aromatic N) is 2. The van der Waals surface area contributed by atoms with Crippen LogP contribution in [0.15, 0.2) is 18.2 Å². The first-order valence-corrected chi connectivity index (χ1v) is 6.48. The van der Waals surface area contributed by atoms with Crippen LogP contribution in [0.1, 0.15) is 23.7 Å². The van der Waals surface area contributed by atoms with Gasteiger partial charge in [0.05, 0.1) is 11.3 Å². The van der Waals surface area contributed by atoms with Crippen LogP contribution in [0.25, 0.3) is 0 Å². The zero-order valence-corrected chi connectivity index (χ0v) is 11.9. The molecule has 0 heterocycles. The first kappa shape index (κ1) is 15.3. The molecule has 19 heavy (non-hydrogen) atoms. The number of nitrogen functional groups attached to an aromatic ring is 1. The molecular formula is C14H23N3O2. The number of hydrogen-bond acceptors (Lipinski definition) is 4. The molecule has 0 aromatic heterocycles. The molecular weight excluding hydrogens is 242 g/mol. The van der Waals surface area contributed by atoms with Crippen molar-refractivity contribution in [2.45, 2.75) is 13.3 Å². The van der Waals surface area contributed by atoms with Gasteiger partial charge in [-0.1, -0.05) is 6.07 Å². The van der Waals surface area contributed by atoms with Crippen LogP contribution in [-0.4, -0.2) is 54.5 Å². The van der Waals surface area contributed by atoms with Gasteiger partial charge in [0, 0.05) is 13.1 Å². The molecule has 0 aliphatic carbocycles.